The minimum absolute atomic E-state index is 0.0369. The molecule has 4 aromatic rings. The van der Waals surface area contributed by atoms with Crippen molar-refractivity contribution in [3.8, 4) is 29.1 Å². The maximum Gasteiger partial charge on any atom is 0.258 e. The van der Waals surface area contributed by atoms with E-state index in [2.05, 4.69) is 5.10 Å². The molecule has 0 saturated heterocycles. The average Bonchev–Trinajstić information content (AvgIpc) is 3.39. The van der Waals surface area contributed by atoms with Crippen LogP contribution in [-0.2, 0) is 13.1 Å². The number of aromatic nitrogens is 2. The third-order valence-corrected chi connectivity index (χ3v) is 5.45. The number of halogens is 1. The van der Waals surface area contributed by atoms with Crippen LogP contribution >= 0.6 is 0 Å². The molecule has 0 atom stereocenters. The number of carbonyl (C=O) groups is 1. The Labute approximate surface area is 188 Å². The maximum atomic E-state index is 14.3. The molecule has 0 saturated carbocycles. The molecule has 0 bridgehead atoms. The predicted octanol–water partition coefficient (Wildman–Crippen LogP) is 4.54. The van der Waals surface area contributed by atoms with E-state index >= 15 is 0 Å². The molecule has 0 aliphatic carbocycles. The van der Waals surface area contributed by atoms with Gasteiger partial charge in [-0.2, -0.15) is 10.4 Å². The number of nitrogens with zero attached hydrogens (tertiary/aromatic N) is 4. The highest BCUT2D eigenvalue weighted by molar-refractivity contribution is 6.01. The van der Waals surface area contributed by atoms with Crippen LogP contribution in [0.4, 0.5) is 4.39 Å². The molecule has 3 aromatic carbocycles. The normalized spacial score (nSPS) is 12.5. The van der Waals surface area contributed by atoms with E-state index < -0.39 is 5.82 Å². The Morgan fingerprint density at radius 3 is 2.61 bits per heavy atom. The fourth-order valence-electron chi connectivity index (χ4n) is 3.87. The number of rotatable bonds is 5. The topological polar surface area (TPSA) is 91.4 Å². The van der Waals surface area contributed by atoms with Crippen LogP contribution in [0.2, 0.25) is 0 Å². The zero-order chi connectivity index (χ0) is 22.9. The Bertz CT molecular complexity index is 1410. The van der Waals surface area contributed by atoms with E-state index in [0.29, 0.717) is 24.3 Å². The monoisotopic (exact) mass is 440 g/mol. The smallest absolute Gasteiger partial charge is 0.258 e. The summed E-state index contributed by atoms with van der Waals surface area (Å²) >= 11 is 0. The van der Waals surface area contributed by atoms with Gasteiger partial charge in [0.05, 0.1) is 23.0 Å². The molecule has 1 amide bonds. The number of hydrogen-bond acceptors (Lipinski definition) is 5. The summed E-state index contributed by atoms with van der Waals surface area (Å²) in [7, 11) is 0. The van der Waals surface area contributed by atoms with Gasteiger partial charge in [-0.1, -0.05) is 30.3 Å². The van der Waals surface area contributed by atoms with Crippen LogP contribution in [0.1, 0.15) is 27.0 Å². The molecule has 1 aliphatic heterocycles. The highest BCUT2D eigenvalue weighted by Crippen LogP contribution is 2.36. The molecule has 0 unspecified atom stereocenters. The van der Waals surface area contributed by atoms with E-state index in [0.717, 1.165) is 11.1 Å². The van der Waals surface area contributed by atoms with Gasteiger partial charge in [-0.25, -0.2) is 9.07 Å². The molecule has 5 rings (SSSR count). The number of benzene rings is 3. The summed E-state index contributed by atoms with van der Waals surface area (Å²) in [6.07, 6.45) is 1.50. The van der Waals surface area contributed by atoms with Gasteiger partial charge in [0.25, 0.3) is 5.91 Å². The predicted molar refractivity (Wildman–Crippen MR) is 116 cm³/mol. The van der Waals surface area contributed by atoms with E-state index in [1.165, 1.54) is 35.1 Å². The number of ether oxygens (including phenoxy) is 1. The zero-order valence-electron chi connectivity index (χ0n) is 17.3. The van der Waals surface area contributed by atoms with Crippen molar-refractivity contribution in [2.45, 2.75) is 13.1 Å². The minimum atomic E-state index is -0.669. The maximum absolute atomic E-state index is 14.3. The second-order valence-corrected chi connectivity index (χ2v) is 7.55. The van der Waals surface area contributed by atoms with E-state index in [1.54, 1.807) is 17.0 Å². The molecule has 1 N–H and O–H groups in total. The second-order valence-electron chi connectivity index (χ2n) is 7.55. The number of hydrogen-bond donors (Lipinski definition) is 1. The zero-order valence-corrected chi connectivity index (χ0v) is 17.3. The lowest BCUT2D eigenvalue weighted by Crippen LogP contribution is -2.23. The summed E-state index contributed by atoms with van der Waals surface area (Å²) in [5, 5.41) is 23.2. The van der Waals surface area contributed by atoms with Crippen molar-refractivity contribution in [1.82, 2.24) is 14.7 Å². The van der Waals surface area contributed by atoms with E-state index in [1.807, 2.05) is 36.4 Å². The Balaban J connectivity index is 1.38. The highest BCUT2D eigenvalue weighted by atomic mass is 19.1. The van der Waals surface area contributed by atoms with Gasteiger partial charge < -0.3 is 14.7 Å². The van der Waals surface area contributed by atoms with Gasteiger partial charge in [-0.05, 0) is 41.5 Å². The third kappa shape index (κ3) is 3.66. The van der Waals surface area contributed by atoms with Crippen molar-refractivity contribution in [2.75, 3.05) is 0 Å². The van der Waals surface area contributed by atoms with Crippen molar-refractivity contribution in [3.05, 3.63) is 101 Å². The summed E-state index contributed by atoms with van der Waals surface area (Å²) in [5.41, 5.74) is 2.78. The first-order chi connectivity index (χ1) is 16.0. The van der Waals surface area contributed by atoms with Crippen LogP contribution in [0, 0.1) is 17.1 Å². The molecule has 33 heavy (non-hydrogen) atoms. The number of carbonyl (C=O) groups excluding carboxylic acids is 1. The number of para-hydroxylation sites is 1. The quantitative estimate of drug-likeness (QED) is 0.492. The molecule has 1 aliphatic rings. The lowest BCUT2D eigenvalue weighted by atomic mass is 10.1. The van der Waals surface area contributed by atoms with Crippen LogP contribution in [0.15, 0.2) is 72.9 Å². The molecule has 0 spiro atoms. The molecule has 2 heterocycles. The molecule has 1 aromatic heterocycles. The summed E-state index contributed by atoms with van der Waals surface area (Å²) < 4.78 is 21.4. The Morgan fingerprint density at radius 2 is 1.88 bits per heavy atom. The van der Waals surface area contributed by atoms with Crippen LogP contribution < -0.4 is 4.74 Å². The Morgan fingerprint density at radius 1 is 1.09 bits per heavy atom. The molecular weight excluding hydrogens is 423 g/mol. The molecule has 0 fully saturated rings. The third-order valence-electron chi connectivity index (χ3n) is 5.45. The van der Waals surface area contributed by atoms with Crippen LogP contribution in [0.25, 0.3) is 5.69 Å². The fraction of sp³-hybridized carbons (Fsp3) is 0.0800. The van der Waals surface area contributed by atoms with E-state index in [4.69, 9.17) is 4.74 Å². The molecular formula is C25H17FN4O3. The largest absolute Gasteiger partial charge is 0.493 e. The first-order valence-corrected chi connectivity index (χ1v) is 10.1. The van der Waals surface area contributed by atoms with Crippen molar-refractivity contribution in [2.24, 2.45) is 0 Å². The van der Waals surface area contributed by atoms with E-state index in [-0.39, 0.29) is 28.8 Å². The standard InChI is InChI=1S/C25H17FN4O3/c26-20-5-1-3-17(13-27)24(20)33-21-6-2-4-18-15-29(25(32)23(18)21)14-16-7-9-19(10-8-16)30-22(31)11-12-28-30/h1-12,31H,14-15H2. The van der Waals surface area contributed by atoms with Crippen LogP contribution in [0.5, 0.6) is 17.4 Å². The highest BCUT2D eigenvalue weighted by Gasteiger charge is 2.31. The summed E-state index contributed by atoms with van der Waals surface area (Å²) in [6.45, 7) is 0.747. The Kier molecular flexibility index (Phi) is 4.99. The SMILES string of the molecule is N#Cc1cccc(F)c1Oc1cccc2c1C(=O)N(Cc1ccc(-n3nccc3O)cc1)C2. The first-order valence-electron chi connectivity index (χ1n) is 10.1. The van der Waals surface area contributed by atoms with Gasteiger partial charge in [0, 0.05) is 19.2 Å². The van der Waals surface area contributed by atoms with Crippen molar-refractivity contribution in [1.29, 1.82) is 5.26 Å². The molecule has 7 nitrogen and oxygen atoms in total. The summed E-state index contributed by atoms with van der Waals surface area (Å²) in [6, 6.07) is 20.0. The minimum Gasteiger partial charge on any atom is -0.493 e. The van der Waals surface area contributed by atoms with Gasteiger partial charge in [-0.15, -0.1) is 0 Å². The summed E-state index contributed by atoms with van der Waals surface area (Å²) in [5.74, 6) is -0.848. The lowest BCUT2D eigenvalue weighted by molar-refractivity contribution is 0.0764. The number of fused-ring (bicyclic) bond motifs is 1. The second kappa shape index (κ2) is 8.13. The average molecular weight is 440 g/mol. The van der Waals surface area contributed by atoms with Crippen LogP contribution in [0.3, 0.4) is 0 Å². The molecule has 162 valence electrons. The Hall–Kier alpha value is -4.64. The van der Waals surface area contributed by atoms with Crippen molar-refractivity contribution in [3.63, 3.8) is 0 Å². The van der Waals surface area contributed by atoms with Crippen LogP contribution in [-0.4, -0.2) is 25.7 Å². The first kappa shape index (κ1) is 20.3. The summed E-state index contributed by atoms with van der Waals surface area (Å²) in [4.78, 5) is 14.9. The van der Waals surface area contributed by atoms with Gasteiger partial charge in [0.15, 0.2) is 11.6 Å². The van der Waals surface area contributed by atoms with Gasteiger partial charge in [0.1, 0.15) is 11.8 Å². The number of aromatic hydroxyl groups is 1. The molecule has 0 radical (unpaired) electrons. The molecule has 8 heteroatoms. The van der Waals surface area contributed by atoms with E-state index in [9.17, 15) is 19.6 Å². The number of amides is 1. The van der Waals surface area contributed by atoms with Gasteiger partial charge >= 0.3 is 0 Å². The van der Waals surface area contributed by atoms with Crippen molar-refractivity contribution < 1.29 is 19.0 Å². The fourth-order valence-corrected chi connectivity index (χ4v) is 3.87. The number of nitriles is 1. The van der Waals surface area contributed by atoms with Gasteiger partial charge in [0.2, 0.25) is 5.88 Å². The lowest BCUT2D eigenvalue weighted by Gasteiger charge is -2.16. The van der Waals surface area contributed by atoms with Crippen molar-refractivity contribution >= 4 is 5.91 Å². The van der Waals surface area contributed by atoms with Gasteiger partial charge in [-0.3, -0.25) is 4.79 Å².